The predicted octanol–water partition coefficient (Wildman–Crippen LogP) is 0.228. The van der Waals surface area contributed by atoms with E-state index >= 15 is 0 Å². The summed E-state index contributed by atoms with van der Waals surface area (Å²) in [5.41, 5.74) is 3.40. The Kier molecular flexibility index (Phi) is 12.0. The van der Waals surface area contributed by atoms with E-state index in [-0.39, 0.29) is 31.1 Å². The molecule has 12 heteroatoms. The maximum absolute atomic E-state index is 13.1. The summed E-state index contributed by atoms with van der Waals surface area (Å²) in [5, 5.41) is 26.6. The summed E-state index contributed by atoms with van der Waals surface area (Å²) in [4.78, 5) is 50.5. The number of phenolic OH excluding ortho intramolecular Hbond substituents is 1. The SMILES string of the molecule is CC(C)CC(NC(=O)C(CO)NC(=O)OCc1ccccc1)C(=O)NC(Cc1ccc(O)cc1)C(=O)NN. The molecule has 0 aromatic heterocycles. The van der Waals surface area contributed by atoms with E-state index in [1.807, 2.05) is 25.3 Å². The molecule has 0 saturated heterocycles. The predicted molar refractivity (Wildman–Crippen MR) is 138 cm³/mol. The van der Waals surface area contributed by atoms with Gasteiger partial charge in [-0.1, -0.05) is 56.3 Å². The zero-order valence-electron chi connectivity index (χ0n) is 21.3. The summed E-state index contributed by atoms with van der Waals surface area (Å²) < 4.78 is 5.09. The standard InChI is InChI=1S/C26H35N5O7/c1-16(2)12-20(23(34)29-21(25(36)31-27)13-17-8-10-19(33)11-9-17)28-24(35)22(14-32)30-26(37)38-15-18-6-4-3-5-7-18/h3-11,16,20-22,32-33H,12-15,27H2,1-2H3,(H,28,35)(H,29,34)(H,30,37)(H,31,36). The molecule has 38 heavy (non-hydrogen) atoms. The van der Waals surface area contributed by atoms with E-state index in [9.17, 15) is 29.4 Å². The van der Waals surface area contributed by atoms with Gasteiger partial charge in [0.25, 0.3) is 5.91 Å². The number of benzene rings is 2. The fourth-order valence-electron chi connectivity index (χ4n) is 3.53. The number of carbonyl (C=O) groups excluding carboxylic acids is 4. The van der Waals surface area contributed by atoms with Crippen LogP contribution in [0, 0.1) is 5.92 Å². The van der Waals surface area contributed by atoms with E-state index in [1.165, 1.54) is 12.1 Å². The van der Waals surface area contributed by atoms with Gasteiger partial charge in [-0.25, -0.2) is 10.6 Å². The molecule has 0 aliphatic rings. The molecule has 0 spiro atoms. The van der Waals surface area contributed by atoms with Crippen LogP contribution in [-0.2, 0) is 32.1 Å². The molecule has 3 atom stereocenters. The molecule has 12 nitrogen and oxygen atoms in total. The molecule has 2 aromatic carbocycles. The van der Waals surface area contributed by atoms with Crippen LogP contribution < -0.4 is 27.2 Å². The van der Waals surface area contributed by atoms with Crippen LogP contribution in [-0.4, -0.2) is 58.8 Å². The Balaban J connectivity index is 2.04. The van der Waals surface area contributed by atoms with Crippen molar-refractivity contribution < 1.29 is 34.1 Å². The van der Waals surface area contributed by atoms with Crippen LogP contribution in [0.25, 0.3) is 0 Å². The summed E-state index contributed by atoms with van der Waals surface area (Å²) in [7, 11) is 0. The number of hydrogen-bond acceptors (Lipinski definition) is 8. The largest absolute Gasteiger partial charge is 0.508 e. The lowest BCUT2D eigenvalue weighted by Crippen LogP contribution is -2.58. The van der Waals surface area contributed by atoms with Gasteiger partial charge in [-0.3, -0.25) is 19.8 Å². The first kappa shape index (κ1) is 30.1. The number of nitrogens with two attached hydrogens (primary N) is 1. The summed E-state index contributed by atoms with van der Waals surface area (Å²) in [5.74, 6) is 3.20. The van der Waals surface area contributed by atoms with Crippen LogP contribution in [0.1, 0.15) is 31.4 Å². The van der Waals surface area contributed by atoms with Crippen LogP contribution in [0.15, 0.2) is 54.6 Å². The molecular formula is C26H35N5O7. The van der Waals surface area contributed by atoms with E-state index in [1.54, 1.807) is 36.4 Å². The number of carbonyl (C=O) groups is 4. The van der Waals surface area contributed by atoms with Gasteiger partial charge in [-0.15, -0.1) is 0 Å². The van der Waals surface area contributed by atoms with Crippen LogP contribution in [0.5, 0.6) is 5.75 Å². The molecule has 3 unspecified atom stereocenters. The van der Waals surface area contributed by atoms with Gasteiger partial charge >= 0.3 is 6.09 Å². The maximum atomic E-state index is 13.1. The van der Waals surface area contributed by atoms with Crippen molar-refractivity contribution in [3.63, 3.8) is 0 Å². The Morgan fingerprint density at radius 1 is 0.816 bits per heavy atom. The Hall–Kier alpha value is -4.16. The van der Waals surface area contributed by atoms with Crippen LogP contribution in [0.2, 0.25) is 0 Å². The molecule has 0 bridgehead atoms. The second kappa shape index (κ2) is 15.2. The molecular weight excluding hydrogens is 494 g/mol. The number of hydrazine groups is 1. The lowest BCUT2D eigenvalue weighted by atomic mass is 10.0. The molecule has 0 heterocycles. The van der Waals surface area contributed by atoms with Crippen molar-refractivity contribution in [3.05, 3.63) is 65.7 Å². The number of phenols is 1. The van der Waals surface area contributed by atoms with E-state index in [2.05, 4.69) is 16.0 Å². The van der Waals surface area contributed by atoms with Gasteiger partial charge in [0, 0.05) is 6.42 Å². The maximum Gasteiger partial charge on any atom is 0.408 e. The average molecular weight is 530 g/mol. The zero-order valence-corrected chi connectivity index (χ0v) is 21.3. The molecule has 0 aliphatic carbocycles. The number of amides is 4. The van der Waals surface area contributed by atoms with Gasteiger partial charge in [0.05, 0.1) is 6.61 Å². The molecule has 2 rings (SSSR count). The van der Waals surface area contributed by atoms with Gasteiger partial charge in [-0.05, 0) is 35.6 Å². The van der Waals surface area contributed by atoms with E-state index < -0.39 is 48.5 Å². The van der Waals surface area contributed by atoms with Gasteiger partial charge in [0.2, 0.25) is 11.8 Å². The van der Waals surface area contributed by atoms with Crippen molar-refractivity contribution in [2.45, 2.75) is 51.4 Å². The topological polar surface area (TPSA) is 192 Å². The molecule has 2 aromatic rings. The molecule has 4 amide bonds. The second-order valence-electron chi connectivity index (χ2n) is 9.07. The highest BCUT2D eigenvalue weighted by molar-refractivity contribution is 5.93. The highest BCUT2D eigenvalue weighted by Gasteiger charge is 2.30. The number of ether oxygens (including phenoxy) is 1. The first-order chi connectivity index (χ1) is 18.1. The van der Waals surface area contributed by atoms with Gasteiger partial charge in [0.1, 0.15) is 30.5 Å². The van der Waals surface area contributed by atoms with Gasteiger partial charge in [-0.2, -0.15) is 0 Å². The lowest BCUT2D eigenvalue weighted by Gasteiger charge is -2.25. The zero-order chi connectivity index (χ0) is 28.1. The Bertz CT molecular complexity index is 1060. The highest BCUT2D eigenvalue weighted by atomic mass is 16.5. The first-order valence-electron chi connectivity index (χ1n) is 12.1. The Labute approximate surface area is 220 Å². The molecule has 0 saturated carbocycles. The lowest BCUT2D eigenvalue weighted by molar-refractivity contribution is -0.133. The Morgan fingerprint density at radius 2 is 1.42 bits per heavy atom. The number of alkyl carbamates (subject to hydrolysis) is 1. The average Bonchev–Trinajstić information content (AvgIpc) is 2.90. The minimum absolute atomic E-state index is 0.0266. The minimum atomic E-state index is -1.37. The van der Waals surface area contributed by atoms with E-state index in [0.717, 1.165) is 5.56 Å². The van der Waals surface area contributed by atoms with Crippen LogP contribution >= 0.6 is 0 Å². The minimum Gasteiger partial charge on any atom is -0.508 e. The van der Waals surface area contributed by atoms with Crippen LogP contribution in [0.3, 0.4) is 0 Å². The summed E-state index contributed by atoms with van der Waals surface area (Å²) in [6.45, 7) is 2.92. The van der Waals surface area contributed by atoms with Crippen LogP contribution in [0.4, 0.5) is 4.79 Å². The monoisotopic (exact) mass is 529 g/mol. The summed E-state index contributed by atoms with van der Waals surface area (Å²) in [6, 6.07) is 11.5. The van der Waals surface area contributed by atoms with Gasteiger partial charge < -0.3 is 30.9 Å². The number of hydrogen-bond donors (Lipinski definition) is 7. The number of nitrogens with one attached hydrogen (secondary N) is 4. The number of aliphatic hydroxyl groups excluding tert-OH is 1. The van der Waals surface area contributed by atoms with Crippen molar-refractivity contribution in [3.8, 4) is 5.75 Å². The fraction of sp³-hybridized carbons (Fsp3) is 0.385. The second-order valence-corrected chi connectivity index (χ2v) is 9.07. The van der Waals surface area contributed by atoms with Crippen molar-refractivity contribution in [2.75, 3.05) is 6.61 Å². The van der Waals surface area contributed by atoms with Crippen molar-refractivity contribution in [1.29, 1.82) is 0 Å². The summed E-state index contributed by atoms with van der Waals surface area (Å²) in [6.07, 6.45) is -0.628. The third-order valence-corrected chi connectivity index (χ3v) is 5.50. The molecule has 0 radical (unpaired) electrons. The molecule has 0 fully saturated rings. The quantitative estimate of drug-likeness (QED) is 0.109. The first-order valence-corrected chi connectivity index (χ1v) is 12.1. The van der Waals surface area contributed by atoms with Crippen molar-refractivity contribution in [2.24, 2.45) is 11.8 Å². The third kappa shape index (κ3) is 10.1. The highest BCUT2D eigenvalue weighted by Crippen LogP contribution is 2.12. The number of rotatable bonds is 13. The normalized spacial score (nSPS) is 13.1. The Morgan fingerprint density at radius 3 is 2.00 bits per heavy atom. The van der Waals surface area contributed by atoms with E-state index in [0.29, 0.717) is 5.56 Å². The smallest absolute Gasteiger partial charge is 0.408 e. The molecule has 0 aliphatic heterocycles. The van der Waals surface area contributed by atoms with Gasteiger partial charge in [0.15, 0.2) is 0 Å². The van der Waals surface area contributed by atoms with Crippen molar-refractivity contribution >= 4 is 23.8 Å². The third-order valence-electron chi connectivity index (χ3n) is 5.50. The van der Waals surface area contributed by atoms with E-state index in [4.69, 9.17) is 10.6 Å². The summed E-state index contributed by atoms with van der Waals surface area (Å²) >= 11 is 0. The molecule has 206 valence electrons. The number of aromatic hydroxyl groups is 1. The van der Waals surface area contributed by atoms with Crippen molar-refractivity contribution in [1.82, 2.24) is 21.4 Å². The fourth-order valence-corrected chi connectivity index (χ4v) is 3.53. The molecule has 8 N–H and O–H groups in total. The number of aliphatic hydroxyl groups is 1.